The standard InChI is InChI=1S/C11H11ClF3N3O/c1-2-4-9(19-7-11(13,14)15)17-18-10-8(12)5-3-6-16-10/h2-6H,7H2,1H3,(H,16,18)/b4-2+,17-9+. The molecule has 1 aromatic rings. The van der Waals surface area contributed by atoms with Crippen molar-refractivity contribution in [2.45, 2.75) is 13.1 Å². The van der Waals surface area contributed by atoms with Gasteiger partial charge in [-0.15, -0.1) is 5.10 Å². The van der Waals surface area contributed by atoms with Gasteiger partial charge in [-0.25, -0.2) is 4.98 Å². The maximum absolute atomic E-state index is 12.0. The van der Waals surface area contributed by atoms with Gasteiger partial charge >= 0.3 is 6.18 Å². The summed E-state index contributed by atoms with van der Waals surface area (Å²) in [6.45, 7) is 0.202. The van der Waals surface area contributed by atoms with Crippen LogP contribution in [0, 0.1) is 0 Å². The van der Waals surface area contributed by atoms with Crippen molar-refractivity contribution in [1.29, 1.82) is 0 Å². The van der Waals surface area contributed by atoms with Crippen LogP contribution in [0.2, 0.25) is 5.02 Å². The SMILES string of the molecule is C/C=C/C(=N\Nc1ncccc1Cl)OCC(F)(F)F. The first-order valence-electron chi connectivity index (χ1n) is 5.19. The van der Waals surface area contributed by atoms with Crippen LogP contribution in [0.25, 0.3) is 0 Å². The van der Waals surface area contributed by atoms with Crippen molar-refractivity contribution >= 4 is 23.3 Å². The van der Waals surface area contributed by atoms with E-state index in [-0.39, 0.29) is 11.7 Å². The molecule has 0 bridgehead atoms. The highest BCUT2D eigenvalue weighted by Gasteiger charge is 2.28. The van der Waals surface area contributed by atoms with E-state index in [1.54, 1.807) is 19.1 Å². The van der Waals surface area contributed by atoms with Gasteiger partial charge in [-0.1, -0.05) is 17.7 Å². The summed E-state index contributed by atoms with van der Waals surface area (Å²) in [6, 6.07) is 3.18. The Balaban J connectivity index is 2.71. The lowest BCUT2D eigenvalue weighted by molar-refractivity contribution is -0.155. The van der Waals surface area contributed by atoms with Crippen molar-refractivity contribution in [1.82, 2.24) is 4.98 Å². The second-order valence-electron chi connectivity index (χ2n) is 3.30. The molecule has 1 N–H and O–H groups in total. The minimum absolute atomic E-state index is 0.221. The summed E-state index contributed by atoms with van der Waals surface area (Å²) in [7, 11) is 0. The van der Waals surface area contributed by atoms with Gasteiger partial charge in [0, 0.05) is 6.20 Å². The molecule has 0 aliphatic rings. The number of alkyl halides is 3. The molecule has 0 aliphatic heterocycles. The fourth-order valence-electron chi connectivity index (χ4n) is 0.992. The molecule has 0 saturated heterocycles. The van der Waals surface area contributed by atoms with E-state index in [4.69, 9.17) is 11.6 Å². The Morgan fingerprint density at radius 2 is 2.32 bits per heavy atom. The van der Waals surface area contributed by atoms with Crippen LogP contribution in [0.3, 0.4) is 0 Å². The van der Waals surface area contributed by atoms with E-state index >= 15 is 0 Å². The number of pyridine rings is 1. The molecule has 8 heteroatoms. The van der Waals surface area contributed by atoms with E-state index in [9.17, 15) is 13.2 Å². The van der Waals surface area contributed by atoms with Gasteiger partial charge in [0.1, 0.15) is 0 Å². The second-order valence-corrected chi connectivity index (χ2v) is 3.71. The minimum Gasteiger partial charge on any atom is -0.467 e. The van der Waals surface area contributed by atoms with Crippen LogP contribution in [0.4, 0.5) is 19.0 Å². The van der Waals surface area contributed by atoms with Crippen LogP contribution < -0.4 is 5.43 Å². The maximum atomic E-state index is 12.0. The summed E-state index contributed by atoms with van der Waals surface area (Å²) in [4.78, 5) is 3.87. The predicted octanol–water partition coefficient (Wildman–Crippen LogP) is 3.62. The second kappa shape index (κ2) is 6.98. The topological polar surface area (TPSA) is 46.5 Å². The zero-order valence-electron chi connectivity index (χ0n) is 9.91. The fourth-order valence-corrected chi connectivity index (χ4v) is 1.16. The smallest absolute Gasteiger partial charge is 0.422 e. The van der Waals surface area contributed by atoms with Gasteiger partial charge in [-0.3, -0.25) is 5.43 Å². The lowest BCUT2D eigenvalue weighted by atomic mass is 10.5. The first-order chi connectivity index (χ1) is 8.92. The highest BCUT2D eigenvalue weighted by molar-refractivity contribution is 6.32. The molecule has 1 rings (SSSR count). The summed E-state index contributed by atoms with van der Waals surface area (Å²) >= 11 is 5.80. The van der Waals surface area contributed by atoms with Crippen LogP contribution >= 0.6 is 11.6 Å². The molecule has 0 spiro atoms. The Labute approximate surface area is 112 Å². The number of hydrazone groups is 1. The van der Waals surface area contributed by atoms with Gasteiger partial charge in [0.05, 0.1) is 5.02 Å². The predicted molar refractivity (Wildman–Crippen MR) is 67.1 cm³/mol. The van der Waals surface area contributed by atoms with Gasteiger partial charge in [0.2, 0.25) is 5.90 Å². The Morgan fingerprint density at radius 3 is 2.89 bits per heavy atom. The number of anilines is 1. The summed E-state index contributed by atoms with van der Waals surface area (Å²) in [6.07, 6.45) is -0.173. The van der Waals surface area contributed by atoms with Crippen LogP contribution in [-0.4, -0.2) is 23.7 Å². The zero-order chi connectivity index (χ0) is 14.3. The van der Waals surface area contributed by atoms with E-state index < -0.39 is 12.8 Å². The number of nitrogens with one attached hydrogen (secondary N) is 1. The molecule has 1 aromatic heterocycles. The highest BCUT2D eigenvalue weighted by Crippen LogP contribution is 2.18. The number of allylic oxidation sites excluding steroid dienone is 1. The number of nitrogens with zero attached hydrogens (tertiary/aromatic N) is 2. The molecule has 0 atom stereocenters. The van der Waals surface area contributed by atoms with Crippen LogP contribution in [-0.2, 0) is 4.74 Å². The molecular weight excluding hydrogens is 283 g/mol. The van der Waals surface area contributed by atoms with Crippen LogP contribution in [0.5, 0.6) is 0 Å². The van der Waals surface area contributed by atoms with Gasteiger partial charge in [0.25, 0.3) is 0 Å². The quantitative estimate of drug-likeness (QED) is 0.524. The Bertz CT molecular complexity index is 474. The molecule has 0 aromatic carbocycles. The first-order valence-corrected chi connectivity index (χ1v) is 5.56. The van der Waals surface area contributed by atoms with E-state index in [0.717, 1.165) is 0 Å². The third kappa shape index (κ3) is 6.10. The van der Waals surface area contributed by atoms with Crippen molar-refractivity contribution in [3.63, 3.8) is 0 Å². The monoisotopic (exact) mass is 293 g/mol. The first kappa shape index (κ1) is 15.3. The summed E-state index contributed by atoms with van der Waals surface area (Å²) < 4.78 is 40.6. The average molecular weight is 294 g/mol. The molecule has 1 heterocycles. The van der Waals surface area contributed by atoms with Gasteiger partial charge in [-0.2, -0.15) is 13.2 Å². The summed E-state index contributed by atoms with van der Waals surface area (Å²) in [5.74, 6) is 0.00308. The Kier molecular flexibility index (Phi) is 5.62. The normalized spacial score (nSPS) is 12.8. The Morgan fingerprint density at radius 1 is 1.58 bits per heavy atom. The highest BCUT2D eigenvalue weighted by atomic mass is 35.5. The lowest BCUT2D eigenvalue weighted by Gasteiger charge is -2.09. The van der Waals surface area contributed by atoms with Gasteiger partial charge < -0.3 is 4.74 Å². The third-order valence-electron chi connectivity index (χ3n) is 1.72. The largest absolute Gasteiger partial charge is 0.467 e. The number of rotatable bonds is 4. The number of hydrogen-bond donors (Lipinski definition) is 1. The number of aromatic nitrogens is 1. The van der Waals surface area contributed by atoms with Crippen molar-refractivity contribution in [3.8, 4) is 0 Å². The molecule has 0 fully saturated rings. The number of halogens is 4. The summed E-state index contributed by atoms with van der Waals surface area (Å²) in [5.41, 5.74) is 2.44. The van der Waals surface area contributed by atoms with E-state index in [2.05, 4.69) is 20.2 Å². The number of ether oxygens (including phenoxy) is 1. The molecule has 4 nitrogen and oxygen atoms in total. The van der Waals surface area contributed by atoms with Crippen molar-refractivity contribution in [2.75, 3.05) is 12.0 Å². The third-order valence-corrected chi connectivity index (χ3v) is 2.03. The molecule has 0 amide bonds. The lowest BCUT2D eigenvalue weighted by Crippen LogP contribution is -2.20. The van der Waals surface area contributed by atoms with E-state index in [1.165, 1.54) is 18.3 Å². The molecule has 104 valence electrons. The molecule has 0 radical (unpaired) electrons. The number of hydrogen-bond acceptors (Lipinski definition) is 4. The van der Waals surface area contributed by atoms with Crippen molar-refractivity contribution in [2.24, 2.45) is 5.10 Å². The van der Waals surface area contributed by atoms with Gasteiger partial charge in [-0.05, 0) is 25.1 Å². The molecule has 0 saturated carbocycles. The van der Waals surface area contributed by atoms with Gasteiger partial charge in [0.15, 0.2) is 12.4 Å². The van der Waals surface area contributed by atoms with E-state index in [1.807, 2.05) is 0 Å². The summed E-state index contributed by atoms with van der Waals surface area (Å²) in [5, 5.41) is 3.95. The van der Waals surface area contributed by atoms with Crippen molar-refractivity contribution < 1.29 is 17.9 Å². The molecule has 0 aliphatic carbocycles. The Hall–Kier alpha value is -1.76. The van der Waals surface area contributed by atoms with Crippen molar-refractivity contribution in [3.05, 3.63) is 35.5 Å². The van der Waals surface area contributed by atoms with E-state index in [0.29, 0.717) is 5.02 Å². The van der Waals surface area contributed by atoms with Crippen LogP contribution in [0.15, 0.2) is 35.6 Å². The fraction of sp³-hybridized carbons (Fsp3) is 0.273. The molecule has 0 unspecified atom stereocenters. The molecular formula is C11H11ClF3N3O. The maximum Gasteiger partial charge on any atom is 0.422 e. The molecule has 19 heavy (non-hydrogen) atoms. The zero-order valence-corrected chi connectivity index (χ0v) is 10.7. The van der Waals surface area contributed by atoms with Crippen LogP contribution in [0.1, 0.15) is 6.92 Å². The minimum atomic E-state index is -4.43. The average Bonchev–Trinajstić information content (AvgIpc) is 2.33.